The van der Waals surface area contributed by atoms with Gasteiger partial charge < -0.3 is 10.1 Å². The van der Waals surface area contributed by atoms with Crippen LogP contribution in [0.1, 0.15) is 12.5 Å². The van der Waals surface area contributed by atoms with Crippen LogP contribution in [0.2, 0.25) is 0 Å². The molecule has 0 saturated carbocycles. The fourth-order valence-corrected chi connectivity index (χ4v) is 1.76. The summed E-state index contributed by atoms with van der Waals surface area (Å²) in [7, 11) is 0. The molecule has 0 amide bonds. The van der Waals surface area contributed by atoms with Crippen molar-refractivity contribution in [2.45, 2.75) is 19.4 Å². The van der Waals surface area contributed by atoms with Gasteiger partial charge >= 0.3 is 0 Å². The first kappa shape index (κ1) is 9.99. The lowest BCUT2D eigenvalue weighted by molar-refractivity contribution is 0.0348. The molecule has 2 rings (SSSR count). The van der Waals surface area contributed by atoms with E-state index in [4.69, 9.17) is 4.74 Å². The number of nitrogens with one attached hydrogen (secondary N) is 1. The van der Waals surface area contributed by atoms with E-state index in [0.29, 0.717) is 0 Å². The lowest BCUT2D eigenvalue weighted by atomic mass is 10.00. The number of halogens is 1. The second kappa shape index (κ2) is 3.55. The lowest BCUT2D eigenvalue weighted by Crippen LogP contribution is -2.61. The predicted molar refractivity (Wildman–Crippen MR) is 60.8 cm³/mol. The molecule has 1 aliphatic heterocycles. The van der Waals surface area contributed by atoms with Gasteiger partial charge in [0.25, 0.3) is 0 Å². The van der Waals surface area contributed by atoms with Gasteiger partial charge in [-0.15, -0.1) is 0 Å². The maximum atomic E-state index is 5.89. The molecule has 1 aromatic carbocycles. The summed E-state index contributed by atoms with van der Waals surface area (Å²) in [4.78, 5) is 0. The fraction of sp³-hybridized carbons (Fsp3) is 0.455. The summed E-state index contributed by atoms with van der Waals surface area (Å²) >= 11 is 3.47. The van der Waals surface area contributed by atoms with E-state index in [1.165, 1.54) is 5.56 Å². The summed E-state index contributed by atoms with van der Waals surface area (Å²) in [6, 6.07) is 6.09. The maximum Gasteiger partial charge on any atom is 0.131 e. The van der Waals surface area contributed by atoms with Gasteiger partial charge in [-0.05, 0) is 37.6 Å². The third kappa shape index (κ3) is 1.93. The van der Waals surface area contributed by atoms with Crippen LogP contribution in [-0.2, 0) is 0 Å². The largest absolute Gasteiger partial charge is 0.485 e. The van der Waals surface area contributed by atoms with Crippen molar-refractivity contribution in [1.29, 1.82) is 0 Å². The van der Waals surface area contributed by atoms with Crippen molar-refractivity contribution in [3.05, 3.63) is 28.2 Å². The van der Waals surface area contributed by atoms with Crippen LogP contribution < -0.4 is 10.1 Å². The summed E-state index contributed by atoms with van der Waals surface area (Å²) in [5.74, 6) is 0.953. The van der Waals surface area contributed by atoms with Crippen LogP contribution in [-0.4, -0.2) is 18.7 Å². The first-order valence-electron chi connectivity index (χ1n) is 4.75. The average molecular weight is 256 g/mol. The van der Waals surface area contributed by atoms with Crippen LogP contribution in [0.3, 0.4) is 0 Å². The SMILES string of the molecule is Cc1cc(OC2(C)CNC2)ccc1Br. The number of benzene rings is 1. The minimum absolute atomic E-state index is 0.0136. The third-order valence-electron chi connectivity index (χ3n) is 2.49. The summed E-state index contributed by atoms with van der Waals surface area (Å²) in [5.41, 5.74) is 1.19. The van der Waals surface area contributed by atoms with Crippen molar-refractivity contribution >= 4 is 15.9 Å². The van der Waals surface area contributed by atoms with Gasteiger partial charge in [0.1, 0.15) is 11.4 Å². The van der Waals surface area contributed by atoms with Crippen molar-refractivity contribution in [2.24, 2.45) is 0 Å². The molecule has 2 nitrogen and oxygen atoms in total. The van der Waals surface area contributed by atoms with Crippen LogP contribution >= 0.6 is 15.9 Å². The molecular weight excluding hydrogens is 242 g/mol. The Balaban J connectivity index is 2.13. The van der Waals surface area contributed by atoms with Gasteiger partial charge in [0.2, 0.25) is 0 Å². The van der Waals surface area contributed by atoms with Gasteiger partial charge in [-0.3, -0.25) is 0 Å². The summed E-state index contributed by atoms with van der Waals surface area (Å²) in [5, 5.41) is 3.21. The second-order valence-electron chi connectivity index (χ2n) is 4.07. The summed E-state index contributed by atoms with van der Waals surface area (Å²) < 4.78 is 7.02. The number of rotatable bonds is 2. The van der Waals surface area contributed by atoms with Crippen molar-refractivity contribution < 1.29 is 4.74 Å². The Morgan fingerprint density at radius 1 is 1.43 bits per heavy atom. The van der Waals surface area contributed by atoms with E-state index in [1.807, 2.05) is 12.1 Å². The first-order valence-corrected chi connectivity index (χ1v) is 5.54. The molecule has 1 N–H and O–H groups in total. The highest BCUT2D eigenvalue weighted by molar-refractivity contribution is 9.10. The minimum atomic E-state index is -0.0136. The van der Waals surface area contributed by atoms with E-state index in [9.17, 15) is 0 Å². The minimum Gasteiger partial charge on any atom is -0.485 e. The van der Waals surface area contributed by atoms with Gasteiger partial charge in [0.15, 0.2) is 0 Å². The Labute approximate surface area is 92.8 Å². The van der Waals surface area contributed by atoms with Gasteiger partial charge in [0.05, 0.1) is 0 Å². The molecule has 0 spiro atoms. The normalized spacial score (nSPS) is 18.8. The van der Waals surface area contributed by atoms with E-state index in [1.54, 1.807) is 0 Å². The monoisotopic (exact) mass is 255 g/mol. The van der Waals surface area contributed by atoms with E-state index in [-0.39, 0.29) is 5.60 Å². The first-order chi connectivity index (χ1) is 6.59. The molecule has 1 aliphatic rings. The lowest BCUT2D eigenvalue weighted by Gasteiger charge is -2.39. The van der Waals surface area contributed by atoms with Crippen LogP contribution in [0, 0.1) is 6.92 Å². The molecular formula is C11H14BrNO. The molecule has 76 valence electrons. The highest BCUT2D eigenvalue weighted by Crippen LogP contribution is 2.26. The number of hydrogen-bond donors (Lipinski definition) is 1. The Morgan fingerprint density at radius 2 is 2.14 bits per heavy atom. The molecule has 0 unspecified atom stereocenters. The van der Waals surface area contributed by atoms with Crippen molar-refractivity contribution in [1.82, 2.24) is 5.32 Å². The highest BCUT2D eigenvalue weighted by atomic mass is 79.9. The van der Waals surface area contributed by atoms with Gasteiger partial charge in [-0.2, -0.15) is 0 Å². The number of hydrogen-bond acceptors (Lipinski definition) is 2. The van der Waals surface area contributed by atoms with Crippen LogP contribution in [0.5, 0.6) is 5.75 Å². The molecule has 0 atom stereocenters. The van der Waals surface area contributed by atoms with Crippen LogP contribution in [0.4, 0.5) is 0 Å². The zero-order chi connectivity index (χ0) is 10.2. The Kier molecular flexibility index (Phi) is 2.54. The van der Waals surface area contributed by atoms with Crippen LogP contribution in [0.25, 0.3) is 0 Å². The molecule has 1 aromatic rings. The van der Waals surface area contributed by atoms with Crippen molar-refractivity contribution in [3.8, 4) is 5.75 Å². The molecule has 0 bridgehead atoms. The van der Waals surface area contributed by atoms with Gasteiger partial charge in [-0.25, -0.2) is 0 Å². The highest BCUT2D eigenvalue weighted by Gasteiger charge is 2.33. The molecule has 0 aliphatic carbocycles. The zero-order valence-electron chi connectivity index (χ0n) is 8.43. The standard InChI is InChI=1S/C11H14BrNO/c1-8-5-9(3-4-10(8)12)14-11(2)6-13-7-11/h3-5,13H,6-7H2,1-2H3. The van der Waals surface area contributed by atoms with Gasteiger partial charge in [-0.1, -0.05) is 15.9 Å². The van der Waals surface area contributed by atoms with Crippen LogP contribution in [0.15, 0.2) is 22.7 Å². The van der Waals surface area contributed by atoms with E-state index in [0.717, 1.165) is 23.3 Å². The Bertz CT molecular complexity index is 347. The van der Waals surface area contributed by atoms with Gasteiger partial charge in [0, 0.05) is 17.6 Å². The summed E-state index contributed by atoms with van der Waals surface area (Å²) in [6.45, 7) is 6.06. The quantitative estimate of drug-likeness (QED) is 0.877. The molecule has 0 aromatic heterocycles. The smallest absolute Gasteiger partial charge is 0.131 e. The van der Waals surface area contributed by atoms with E-state index >= 15 is 0 Å². The molecule has 0 radical (unpaired) electrons. The molecule has 1 heterocycles. The third-order valence-corrected chi connectivity index (χ3v) is 3.38. The second-order valence-corrected chi connectivity index (χ2v) is 4.92. The van der Waals surface area contributed by atoms with E-state index in [2.05, 4.69) is 41.2 Å². The number of ether oxygens (including phenoxy) is 1. The predicted octanol–water partition coefficient (Wildman–Crippen LogP) is 2.50. The average Bonchev–Trinajstić information content (AvgIpc) is 2.09. The molecule has 3 heteroatoms. The Morgan fingerprint density at radius 3 is 2.64 bits per heavy atom. The topological polar surface area (TPSA) is 21.3 Å². The Hall–Kier alpha value is -0.540. The molecule has 14 heavy (non-hydrogen) atoms. The zero-order valence-corrected chi connectivity index (χ0v) is 10.0. The summed E-state index contributed by atoms with van der Waals surface area (Å²) in [6.07, 6.45) is 0. The molecule has 1 fully saturated rings. The fourth-order valence-electron chi connectivity index (χ4n) is 1.51. The maximum absolute atomic E-state index is 5.89. The number of aryl methyl sites for hydroxylation is 1. The van der Waals surface area contributed by atoms with E-state index < -0.39 is 0 Å². The van der Waals surface area contributed by atoms with Crippen molar-refractivity contribution in [2.75, 3.05) is 13.1 Å². The van der Waals surface area contributed by atoms with Crippen molar-refractivity contribution in [3.63, 3.8) is 0 Å². The molecule has 1 saturated heterocycles.